The van der Waals surface area contributed by atoms with Crippen LogP contribution in [-0.4, -0.2) is 39.8 Å². The topological polar surface area (TPSA) is 140 Å². The lowest BCUT2D eigenvalue weighted by Gasteiger charge is -2.22. The second-order valence-electron chi connectivity index (χ2n) is 7.29. The van der Waals surface area contributed by atoms with Gasteiger partial charge in [0.15, 0.2) is 5.13 Å². The van der Waals surface area contributed by atoms with Crippen molar-refractivity contribution < 1.29 is 29.2 Å². The lowest BCUT2D eigenvalue weighted by Crippen LogP contribution is -2.29. The van der Waals surface area contributed by atoms with E-state index in [2.05, 4.69) is 4.98 Å². The van der Waals surface area contributed by atoms with E-state index in [1.807, 2.05) is 0 Å². The van der Waals surface area contributed by atoms with E-state index in [0.29, 0.717) is 5.56 Å². The Balaban J connectivity index is 1.96. The predicted molar refractivity (Wildman–Crippen MR) is 123 cm³/mol. The molecule has 1 aliphatic rings. The number of aliphatic hydroxyl groups is 1. The highest BCUT2D eigenvalue weighted by atomic mass is 32.1. The van der Waals surface area contributed by atoms with Gasteiger partial charge in [-0.25, -0.2) is 9.78 Å². The normalized spacial score (nSPS) is 17.1. The zero-order valence-corrected chi connectivity index (χ0v) is 18.7. The Hall–Kier alpha value is -4.38. The lowest BCUT2D eigenvalue weighted by molar-refractivity contribution is -0.384. The van der Waals surface area contributed by atoms with E-state index in [4.69, 9.17) is 4.74 Å². The smallest absolute Gasteiger partial charge is 0.350 e. The molecule has 0 spiro atoms. The van der Waals surface area contributed by atoms with E-state index in [-0.39, 0.29) is 32.5 Å². The summed E-state index contributed by atoms with van der Waals surface area (Å²) in [5, 5.41) is 22.4. The molecule has 10 nitrogen and oxygen atoms in total. The summed E-state index contributed by atoms with van der Waals surface area (Å²) in [5.41, 5.74) is 0.298. The molecule has 1 atom stereocenters. The summed E-state index contributed by atoms with van der Waals surface area (Å²) in [6, 6.07) is 12.4. The van der Waals surface area contributed by atoms with Gasteiger partial charge in [-0.15, -0.1) is 0 Å². The Morgan fingerprint density at radius 2 is 1.88 bits per heavy atom. The number of ether oxygens (including phenoxy) is 1. The fraction of sp³-hybridized carbons (Fsp3) is 0.130. The molecule has 0 unspecified atom stereocenters. The molecule has 3 aromatic rings. The summed E-state index contributed by atoms with van der Waals surface area (Å²) < 4.78 is 4.75. The van der Waals surface area contributed by atoms with Gasteiger partial charge in [0.1, 0.15) is 10.6 Å². The number of ketones is 1. The fourth-order valence-electron chi connectivity index (χ4n) is 3.67. The van der Waals surface area contributed by atoms with Crippen LogP contribution in [0.15, 0.2) is 60.2 Å². The van der Waals surface area contributed by atoms with Crippen molar-refractivity contribution in [3.63, 3.8) is 0 Å². The number of nitrogens with zero attached hydrogens (tertiary/aromatic N) is 3. The van der Waals surface area contributed by atoms with Gasteiger partial charge in [0, 0.05) is 17.7 Å². The maximum Gasteiger partial charge on any atom is 0.350 e. The molecule has 1 aromatic heterocycles. The lowest BCUT2D eigenvalue weighted by atomic mass is 9.95. The first-order chi connectivity index (χ1) is 16.2. The predicted octanol–water partition coefficient (Wildman–Crippen LogP) is 3.77. The second-order valence-corrected chi connectivity index (χ2v) is 8.27. The molecule has 2 aromatic carbocycles. The number of aliphatic hydroxyl groups excluding tert-OH is 1. The molecule has 0 bridgehead atoms. The molecule has 1 saturated heterocycles. The summed E-state index contributed by atoms with van der Waals surface area (Å²) >= 11 is 0.843. The van der Waals surface area contributed by atoms with Crippen LogP contribution in [0.1, 0.15) is 32.5 Å². The number of Topliss-reactive ketones (excluding diaryl/α,β-unsaturated/α-hetero) is 1. The summed E-state index contributed by atoms with van der Waals surface area (Å²) in [5.74, 6) is -3.06. The Kier molecular flexibility index (Phi) is 5.95. The molecular formula is C23H17N3O7S. The first kappa shape index (κ1) is 22.8. The third kappa shape index (κ3) is 3.82. The number of aromatic nitrogens is 1. The molecular weight excluding hydrogens is 462 g/mol. The van der Waals surface area contributed by atoms with Crippen molar-refractivity contribution >= 4 is 45.6 Å². The van der Waals surface area contributed by atoms with Gasteiger partial charge in [0.25, 0.3) is 11.5 Å². The number of hydrogen-bond donors (Lipinski definition) is 1. The second kappa shape index (κ2) is 8.87. The Morgan fingerprint density at radius 3 is 2.53 bits per heavy atom. The summed E-state index contributed by atoms with van der Waals surface area (Å²) in [6.07, 6.45) is 0. The van der Waals surface area contributed by atoms with E-state index in [1.54, 1.807) is 37.3 Å². The summed E-state index contributed by atoms with van der Waals surface area (Å²) in [6.45, 7) is 1.55. The van der Waals surface area contributed by atoms with Crippen molar-refractivity contribution in [1.29, 1.82) is 0 Å². The minimum atomic E-state index is -1.21. The fourth-order valence-corrected chi connectivity index (χ4v) is 4.68. The van der Waals surface area contributed by atoms with Crippen LogP contribution in [-0.2, 0) is 14.3 Å². The number of nitro groups is 1. The van der Waals surface area contributed by atoms with Gasteiger partial charge in [-0.2, -0.15) is 0 Å². The Bertz CT molecular complexity index is 1360. The number of hydrogen-bond acceptors (Lipinski definition) is 9. The van der Waals surface area contributed by atoms with Gasteiger partial charge in [-0.05, 0) is 12.5 Å². The highest BCUT2D eigenvalue weighted by molar-refractivity contribution is 7.17. The van der Waals surface area contributed by atoms with E-state index < -0.39 is 34.4 Å². The number of esters is 1. The number of thiazole rings is 1. The van der Waals surface area contributed by atoms with E-state index in [0.717, 1.165) is 16.2 Å². The number of aryl methyl sites for hydroxylation is 1. The molecule has 0 aliphatic carbocycles. The number of nitro benzene ring substituents is 1. The van der Waals surface area contributed by atoms with E-state index in [1.165, 1.54) is 31.4 Å². The average Bonchev–Trinajstić information content (AvgIpc) is 3.35. The number of benzene rings is 2. The number of amides is 1. The van der Waals surface area contributed by atoms with E-state index in [9.17, 15) is 29.6 Å². The van der Waals surface area contributed by atoms with Crippen molar-refractivity contribution in [2.24, 2.45) is 0 Å². The van der Waals surface area contributed by atoms with Crippen molar-refractivity contribution in [3.05, 3.63) is 92.0 Å². The van der Waals surface area contributed by atoms with Gasteiger partial charge in [0.2, 0.25) is 0 Å². The SMILES string of the molecule is COC(=O)c1sc(N2C(=O)C(=O)C(=C(O)c3ccccc3)[C@H]2c2cccc([N+](=O)[O-])c2)nc1C. The standard InChI is InChI=1S/C23H17N3O7S/c1-12-20(22(30)33-2)34-23(24-12)25-17(14-9-6-10-15(11-14)26(31)32)16(19(28)21(25)29)18(27)13-7-4-3-5-8-13/h3-11,17,27H,1-2H3/t17-/m1/s1. The maximum atomic E-state index is 13.2. The number of methoxy groups -OCH3 is 1. The van der Waals surface area contributed by atoms with E-state index >= 15 is 0 Å². The van der Waals surface area contributed by atoms with Gasteiger partial charge in [-0.1, -0.05) is 53.8 Å². The van der Waals surface area contributed by atoms with Crippen molar-refractivity contribution in [2.75, 3.05) is 12.0 Å². The molecule has 0 saturated carbocycles. The van der Waals surface area contributed by atoms with Crippen LogP contribution in [0.25, 0.3) is 5.76 Å². The Labute approximate surface area is 196 Å². The van der Waals surface area contributed by atoms with Crippen LogP contribution >= 0.6 is 11.3 Å². The molecule has 1 fully saturated rings. The van der Waals surface area contributed by atoms with Crippen LogP contribution < -0.4 is 4.90 Å². The highest BCUT2D eigenvalue weighted by Crippen LogP contribution is 2.44. The maximum absolute atomic E-state index is 13.2. The Morgan fingerprint density at radius 1 is 1.18 bits per heavy atom. The van der Waals surface area contributed by atoms with Crippen molar-refractivity contribution in [1.82, 2.24) is 4.98 Å². The zero-order valence-electron chi connectivity index (χ0n) is 17.9. The molecule has 172 valence electrons. The van der Waals surface area contributed by atoms with Gasteiger partial charge in [0.05, 0.1) is 29.3 Å². The molecule has 1 N–H and O–H groups in total. The first-order valence-corrected chi connectivity index (χ1v) is 10.7. The minimum absolute atomic E-state index is 0.0172. The molecule has 4 rings (SSSR count). The number of anilines is 1. The summed E-state index contributed by atoms with van der Waals surface area (Å²) in [7, 11) is 1.20. The average molecular weight is 479 g/mol. The van der Waals surface area contributed by atoms with Gasteiger partial charge < -0.3 is 9.84 Å². The summed E-state index contributed by atoms with van der Waals surface area (Å²) in [4.78, 5) is 54.6. The largest absolute Gasteiger partial charge is 0.507 e. The molecule has 1 aliphatic heterocycles. The third-order valence-electron chi connectivity index (χ3n) is 5.25. The number of rotatable bonds is 5. The van der Waals surface area contributed by atoms with Crippen LogP contribution in [0.5, 0.6) is 0 Å². The van der Waals surface area contributed by atoms with Crippen LogP contribution in [0.2, 0.25) is 0 Å². The minimum Gasteiger partial charge on any atom is -0.507 e. The molecule has 0 radical (unpaired) electrons. The van der Waals surface area contributed by atoms with Crippen LogP contribution in [0.3, 0.4) is 0 Å². The molecule has 1 amide bonds. The number of non-ortho nitro benzene ring substituents is 1. The van der Waals surface area contributed by atoms with Crippen LogP contribution in [0.4, 0.5) is 10.8 Å². The zero-order chi connectivity index (χ0) is 24.6. The highest BCUT2D eigenvalue weighted by Gasteiger charge is 2.48. The van der Waals surface area contributed by atoms with Crippen molar-refractivity contribution in [3.8, 4) is 0 Å². The van der Waals surface area contributed by atoms with Crippen LogP contribution in [0, 0.1) is 17.0 Å². The number of carbonyl (C=O) groups excluding carboxylic acids is 3. The van der Waals surface area contributed by atoms with Gasteiger partial charge in [-0.3, -0.25) is 24.6 Å². The van der Waals surface area contributed by atoms with Gasteiger partial charge >= 0.3 is 11.9 Å². The molecule has 11 heteroatoms. The number of carbonyl (C=O) groups is 3. The first-order valence-electron chi connectivity index (χ1n) is 9.91. The monoisotopic (exact) mass is 479 g/mol. The molecule has 34 heavy (non-hydrogen) atoms. The quantitative estimate of drug-likeness (QED) is 0.146. The molecule has 2 heterocycles. The third-order valence-corrected chi connectivity index (χ3v) is 6.39. The van der Waals surface area contributed by atoms with Crippen molar-refractivity contribution in [2.45, 2.75) is 13.0 Å².